The van der Waals surface area contributed by atoms with Crippen LogP contribution in [0.1, 0.15) is 34.6 Å². The molecule has 4 N–H and O–H groups in total. The van der Waals surface area contributed by atoms with Crippen molar-refractivity contribution in [3.63, 3.8) is 0 Å². The second-order valence-electron chi connectivity index (χ2n) is 4.68. The number of pyridine rings is 1. The molecule has 0 bridgehead atoms. The van der Waals surface area contributed by atoms with Gasteiger partial charge in [-0.05, 0) is 43.7 Å². The van der Waals surface area contributed by atoms with Crippen LogP contribution >= 0.6 is 0 Å². The van der Waals surface area contributed by atoms with Crippen molar-refractivity contribution in [2.45, 2.75) is 19.9 Å². The van der Waals surface area contributed by atoms with Crippen molar-refractivity contribution in [3.8, 4) is 0 Å². The molecule has 0 saturated heterocycles. The van der Waals surface area contributed by atoms with Gasteiger partial charge in [-0.2, -0.15) is 0 Å². The SMILES string of the molecule is Cc1cc(NC(C)c2ccccn2)cc(C(=O)O)c1N. The van der Waals surface area contributed by atoms with Crippen molar-refractivity contribution < 1.29 is 9.90 Å². The van der Waals surface area contributed by atoms with Crippen LogP contribution in [0.15, 0.2) is 36.5 Å². The molecular formula is C15H17N3O2. The molecule has 0 aliphatic heterocycles. The lowest BCUT2D eigenvalue weighted by Gasteiger charge is -2.16. The van der Waals surface area contributed by atoms with E-state index in [1.54, 1.807) is 19.2 Å². The fourth-order valence-corrected chi connectivity index (χ4v) is 2.01. The van der Waals surface area contributed by atoms with E-state index in [1.807, 2.05) is 31.2 Å². The van der Waals surface area contributed by atoms with Crippen LogP contribution in [0.5, 0.6) is 0 Å². The van der Waals surface area contributed by atoms with Gasteiger partial charge in [0.25, 0.3) is 0 Å². The molecule has 2 rings (SSSR count). The molecule has 0 saturated carbocycles. The number of nitrogen functional groups attached to an aromatic ring is 1. The lowest BCUT2D eigenvalue weighted by atomic mass is 10.1. The molecule has 0 aliphatic rings. The number of aromatic nitrogens is 1. The fourth-order valence-electron chi connectivity index (χ4n) is 2.01. The summed E-state index contributed by atoms with van der Waals surface area (Å²) in [5.74, 6) is -1.03. The minimum absolute atomic E-state index is 0.0270. The first-order chi connectivity index (χ1) is 9.49. The standard InChI is InChI=1S/C15H17N3O2/c1-9-7-11(8-12(14(9)16)15(19)20)18-10(2)13-5-3-4-6-17-13/h3-8,10,18H,16H2,1-2H3,(H,19,20). The van der Waals surface area contributed by atoms with Crippen molar-refractivity contribution in [2.75, 3.05) is 11.1 Å². The summed E-state index contributed by atoms with van der Waals surface area (Å²) >= 11 is 0. The summed E-state index contributed by atoms with van der Waals surface area (Å²) in [6, 6.07) is 9.04. The molecular weight excluding hydrogens is 254 g/mol. The van der Waals surface area contributed by atoms with E-state index in [1.165, 1.54) is 0 Å². The van der Waals surface area contributed by atoms with E-state index in [2.05, 4.69) is 10.3 Å². The zero-order chi connectivity index (χ0) is 14.7. The molecule has 0 amide bonds. The molecule has 104 valence electrons. The van der Waals surface area contributed by atoms with Crippen LogP contribution in [-0.2, 0) is 0 Å². The maximum Gasteiger partial charge on any atom is 0.337 e. The third-order valence-electron chi connectivity index (χ3n) is 3.13. The highest BCUT2D eigenvalue weighted by Gasteiger charge is 2.13. The van der Waals surface area contributed by atoms with Crippen molar-refractivity contribution in [3.05, 3.63) is 53.3 Å². The molecule has 0 spiro atoms. The second kappa shape index (κ2) is 5.61. The molecule has 0 aliphatic carbocycles. The van der Waals surface area contributed by atoms with E-state index < -0.39 is 5.97 Å². The van der Waals surface area contributed by atoms with Gasteiger partial charge in [-0.1, -0.05) is 6.07 Å². The number of carboxylic acids is 1. The maximum absolute atomic E-state index is 11.2. The van der Waals surface area contributed by atoms with Crippen LogP contribution in [-0.4, -0.2) is 16.1 Å². The molecule has 1 heterocycles. The van der Waals surface area contributed by atoms with Crippen LogP contribution in [0.25, 0.3) is 0 Å². The molecule has 0 fully saturated rings. The zero-order valence-corrected chi connectivity index (χ0v) is 11.4. The van der Waals surface area contributed by atoms with Crippen LogP contribution in [0, 0.1) is 6.92 Å². The number of nitrogens with two attached hydrogens (primary N) is 1. The Labute approximate surface area is 117 Å². The van der Waals surface area contributed by atoms with Crippen LogP contribution in [0.3, 0.4) is 0 Å². The van der Waals surface area contributed by atoms with Crippen molar-refractivity contribution in [1.82, 2.24) is 4.98 Å². The van der Waals surface area contributed by atoms with Crippen LogP contribution < -0.4 is 11.1 Å². The van der Waals surface area contributed by atoms with Gasteiger partial charge in [-0.3, -0.25) is 4.98 Å². The Morgan fingerprint density at radius 2 is 2.15 bits per heavy atom. The van der Waals surface area contributed by atoms with Crippen LogP contribution in [0.2, 0.25) is 0 Å². The van der Waals surface area contributed by atoms with Gasteiger partial charge in [0.05, 0.1) is 17.3 Å². The minimum Gasteiger partial charge on any atom is -0.478 e. The van der Waals surface area contributed by atoms with E-state index >= 15 is 0 Å². The predicted molar refractivity (Wildman–Crippen MR) is 78.8 cm³/mol. The molecule has 2 aromatic rings. The highest BCUT2D eigenvalue weighted by atomic mass is 16.4. The van der Waals surface area contributed by atoms with Gasteiger partial charge in [-0.25, -0.2) is 4.79 Å². The number of anilines is 2. The molecule has 1 unspecified atom stereocenters. The Balaban J connectivity index is 2.28. The van der Waals surface area contributed by atoms with E-state index in [4.69, 9.17) is 10.8 Å². The third-order valence-corrected chi connectivity index (χ3v) is 3.13. The average Bonchev–Trinajstić information content (AvgIpc) is 2.43. The van der Waals surface area contributed by atoms with Gasteiger partial charge in [-0.15, -0.1) is 0 Å². The van der Waals surface area contributed by atoms with Crippen molar-refractivity contribution in [2.24, 2.45) is 0 Å². The van der Waals surface area contributed by atoms with E-state index in [9.17, 15) is 4.79 Å². The molecule has 1 atom stereocenters. The molecule has 1 aromatic heterocycles. The molecule has 5 heteroatoms. The lowest BCUT2D eigenvalue weighted by Crippen LogP contribution is -2.11. The Bertz CT molecular complexity index is 627. The van der Waals surface area contributed by atoms with Crippen LogP contribution in [0.4, 0.5) is 11.4 Å². The summed E-state index contributed by atoms with van der Waals surface area (Å²) in [4.78, 5) is 15.4. The van der Waals surface area contributed by atoms with Gasteiger partial charge < -0.3 is 16.2 Å². The Kier molecular flexibility index (Phi) is 3.89. The monoisotopic (exact) mass is 271 g/mol. The number of carboxylic acid groups (broad SMARTS) is 1. The number of hydrogen-bond donors (Lipinski definition) is 3. The smallest absolute Gasteiger partial charge is 0.337 e. The lowest BCUT2D eigenvalue weighted by molar-refractivity contribution is 0.0698. The van der Waals surface area contributed by atoms with Gasteiger partial charge in [0.2, 0.25) is 0 Å². The number of benzene rings is 1. The topological polar surface area (TPSA) is 88.2 Å². The average molecular weight is 271 g/mol. The zero-order valence-electron chi connectivity index (χ0n) is 11.4. The summed E-state index contributed by atoms with van der Waals surface area (Å²) in [5, 5.41) is 12.4. The first-order valence-corrected chi connectivity index (χ1v) is 6.30. The van der Waals surface area contributed by atoms with Gasteiger partial charge in [0.15, 0.2) is 0 Å². The maximum atomic E-state index is 11.2. The quantitative estimate of drug-likeness (QED) is 0.744. The minimum atomic E-state index is -1.03. The predicted octanol–water partition coefficient (Wildman–Crippen LogP) is 2.84. The summed E-state index contributed by atoms with van der Waals surface area (Å²) < 4.78 is 0. The number of aromatic carboxylic acids is 1. The number of nitrogens with one attached hydrogen (secondary N) is 1. The highest BCUT2D eigenvalue weighted by Crippen LogP contribution is 2.25. The second-order valence-corrected chi connectivity index (χ2v) is 4.68. The fraction of sp³-hybridized carbons (Fsp3) is 0.200. The van der Waals surface area contributed by atoms with Crippen molar-refractivity contribution >= 4 is 17.3 Å². The van der Waals surface area contributed by atoms with E-state index in [0.29, 0.717) is 11.4 Å². The number of carbonyl (C=O) groups is 1. The molecule has 0 radical (unpaired) electrons. The molecule has 20 heavy (non-hydrogen) atoms. The summed E-state index contributed by atoms with van der Waals surface area (Å²) in [7, 11) is 0. The summed E-state index contributed by atoms with van der Waals surface area (Å²) in [5.41, 5.74) is 8.52. The summed E-state index contributed by atoms with van der Waals surface area (Å²) in [6.07, 6.45) is 1.73. The van der Waals surface area contributed by atoms with E-state index in [-0.39, 0.29) is 11.6 Å². The third kappa shape index (κ3) is 2.88. The summed E-state index contributed by atoms with van der Waals surface area (Å²) in [6.45, 7) is 3.76. The van der Waals surface area contributed by atoms with Gasteiger partial charge in [0, 0.05) is 17.6 Å². The first kappa shape index (κ1) is 13.9. The largest absolute Gasteiger partial charge is 0.478 e. The Hall–Kier alpha value is -2.56. The van der Waals surface area contributed by atoms with Gasteiger partial charge in [0.1, 0.15) is 0 Å². The number of aryl methyl sites for hydroxylation is 1. The Morgan fingerprint density at radius 3 is 2.75 bits per heavy atom. The van der Waals surface area contributed by atoms with E-state index in [0.717, 1.165) is 11.3 Å². The highest BCUT2D eigenvalue weighted by molar-refractivity contribution is 5.95. The number of rotatable bonds is 4. The van der Waals surface area contributed by atoms with Crippen molar-refractivity contribution in [1.29, 1.82) is 0 Å². The molecule has 1 aromatic carbocycles. The number of nitrogens with zero attached hydrogens (tertiary/aromatic N) is 1. The first-order valence-electron chi connectivity index (χ1n) is 6.30. The number of hydrogen-bond acceptors (Lipinski definition) is 4. The van der Waals surface area contributed by atoms with Gasteiger partial charge >= 0.3 is 5.97 Å². The molecule has 5 nitrogen and oxygen atoms in total. The Morgan fingerprint density at radius 1 is 1.40 bits per heavy atom. The normalized spacial score (nSPS) is 11.9.